The van der Waals surface area contributed by atoms with Gasteiger partial charge in [-0.1, -0.05) is 131 Å². The van der Waals surface area contributed by atoms with Gasteiger partial charge in [0, 0.05) is 0 Å². The fraction of sp³-hybridized carbons (Fsp3) is 0.169. The molecule has 10 rings (SSSR count). The number of fused-ring (bicyclic) bond motifs is 5. The van der Waals surface area contributed by atoms with Gasteiger partial charge in [0.05, 0.1) is 0 Å². The maximum Gasteiger partial charge on any atom is -0.109 e. The average Bonchev–Trinajstić information content (AvgIpc) is 3.97. The number of allylic oxidation sites excluding steroid dienone is 4. The second kappa shape index (κ2) is 20.9. The van der Waals surface area contributed by atoms with Crippen molar-refractivity contribution in [1.82, 2.24) is 0 Å². The number of halogens is 4. The number of hydrogen-bond donors (Lipinski definition) is 0. The van der Waals surface area contributed by atoms with Crippen LogP contribution in [0, 0.1) is 12.1 Å². The molecular formula is C59H52Cl4Zr. The minimum absolute atomic E-state index is 0. The second-order valence-corrected chi connectivity index (χ2v) is 20.2. The molecule has 2 aliphatic carbocycles. The van der Waals surface area contributed by atoms with Crippen molar-refractivity contribution in [2.24, 2.45) is 0 Å². The summed E-state index contributed by atoms with van der Waals surface area (Å²) in [6.45, 7) is 13.9. The number of benzene rings is 8. The van der Waals surface area contributed by atoms with Crippen LogP contribution in [0.1, 0.15) is 81.3 Å². The first kappa shape index (κ1) is 49.1. The summed E-state index contributed by atoms with van der Waals surface area (Å²) in [4.78, 5) is 0. The summed E-state index contributed by atoms with van der Waals surface area (Å²) in [7, 11) is 0. The molecule has 8 aromatic rings. The molecule has 0 aliphatic heterocycles. The third-order valence-corrected chi connectivity index (χ3v) is 13.4. The number of rotatable bonds is 4. The van der Waals surface area contributed by atoms with E-state index in [9.17, 15) is 0 Å². The van der Waals surface area contributed by atoms with E-state index in [-0.39, 0.29) is 35.6 Å². The van der Waals surface area contributed by atoms with Crippen LogP contribution in [-0.2, 0) is 41.5 Å². The van der Waals surface area contributed by atoms with E-state index in [1.807, 2.05) is 36.4 Å². The van der Waals surface area contributed by atoms with E-state index in [0.29, 0.717) is 0 Å². The maximum absolute atomic E-state index is 6.38. The van der Waals surface area contributed by atoms with Crippen molar-refractivity contribution >= 4 is 72.8 Å². The van der Waals surface area contributed by atoms with Gasteiger partial charge in [0.2, 0.25) is 0 Å². The van der Waals surface area contributed by atoms with Crippen LogP contribution in [0.3, 0.4) is 0 Å². The van der Waals surface area contributed by atoms with Crippen molar-refractivity contribution in [2.45, 2.75) is 65.2 Å². The van der Waals surface area contributed by atoms with Crippen molar-refractivity contribution in [1.29, 1.82) is 0 Å². The Morgan fingerprint density at radius 3 is 1.53 bits per heavy atom. The average molecular weight is 994 g/mol. The Bertz CT molecular complexity index is 2800. The van der Waals surface area contributed by atoms with Crippen LogP contribution in [0.25, 0.3) is 54.9 Å². The maximum atomic E-state index is 6.38. The Morgan fingerprint density at radius 2 is 1.05 bits per heavy atom. The summed E-state index contributed by atoms with van der Waals surface area (Å²) >= 11 is 14.1. The van der Waals surface area contributed by atoms with Gasteiger partial charge in [-0.05, 0) is 39.5 Å². The molecule has 0 atom stereocenters. The molecule has 0 radical (unpaired) electrons. The van der Waals surface area contributed by atoms with E-state index < -0.39 is 0 Å². The number of hydrogen-bond acceptors (Lipinski definition) is 0. The van der Waals surface area contributed by atoms with Crippen LogP contribution in [0.2, 0.25) is 10.0 Å². The summed E-state index contributed by atoms with van der Waals surface area (Å²) in [5.41, 5.74) is 15.9. The van der Waals surface area contributed by atoms with E-state index >= 15 is 0 Å². The van der Waals surface area contributed by atoms with Gasteiger partial charge >= 0.3 is 166 Å². The summed E-state index contributed by atoms with van der Waals surface area (Å²) in [5.74, 6) is 0. The standard InChI is InChI=1S/C33H33.C21H12Cl2.C5H5.2ClH.Zr/c1-32(2,3)30-20-26-24(18-28(30)22-13-9-7-10-14-22)17-25-19-29(23-15-11-8-12-16-23)31(21-27(25)26)33(4,5)6;22-18-10-14-5-1-3-7-20(14)16(12-18)9-17-13-19(23)11-15-6-2-4-8-21(15)17;1-2-4-5-3-1;;;/h7-16,18,20-21H,17H2,1-6H3;1-8,10-13H;1-3H,4H2;2*1H;/q-1;;-1;;;+2. The van der Waals surface area contributed by atoms with Gasteiger partial charge in [-0.25, -0.2) is 12.2 Å². The molecule has 0 spiro atoms. The molecule has 64 heavy (non-hydrogen) atoms. The molecule has 0 nitrogen and oxygen atoms in total. The van der Waals surface area contributed by atoms with Crippen LogP contribution in [-0.4, -0.2) is 3.21 Å². The van der Waals surface area contributed by atoms with Gasteiger partial charge in [0.25, 0.3) is 0 Å². The van der Waals surface area contributed by atoms with Crippen molar-refractivity contribution in [2.75, 3.05) is 0 Å². The van der Waals surface area contributed by atoms with Gasteiger partial charge in [-0.3, -0.25) is 6.08 Å². The Hall–Kier alpha value is -4.33. The summed E-state index contributed by atoms with van der Waals surface area (Å²) in [5, 5.41) is 6.28. The fourth-order valence-corrected chi connectivity index (χ4v) is 10.0. The minimum atomic E-state index is 0. The smallest absolute Gasteiger partial charge is 0.109 e. The zero-order chi connectivity index (χ0) is 43.6. The molecule has 0 fully saturated rings. The van der Waals surface area contributed by atoms with Crippen LogP contribution < -0.4 is 0 Å². The summed E-state index contributed by atoms with van der Waals surface area (Å²) in [6, 6.07) is 57.7. The van der Waals surface area contributed by atoms with Gasteiger partial charge in [0.1, 0.15) is 0 Å². The third kappa shape index (κ3) is 10.8. The summed E-state index contributed by atoms with van der Waals surface area (Å²) < 4.78 is 1.26. The van der Waals surface area contributed by atoms with Crippen LogP contribution in [0.15, 0.2) is 170 Å². The molecule has 0 unspecified atom stereocenters. The molecule has 8 aromatic carbocycles. The van der Waals surface area contributed by atoms with Crippen LogP contribution in [0.5, 0.6) is 0 Å². The SMILES string of the molecule is CC(C)(C)c1cc2c([c-]c1-c1ccccc1)Cc1cc(-c3ccccc3)c(C(C)(C)C)cc1-2.Cl.Cl.Clc1cc([C](=[Zr+2])c2cc(Cl)cc3ccccc23)c2ccccc2c1.[C-]1=CC=CC1. The molecule has 0 heterocycles. The van der Waals surface area contributed by atoms with Gasteiger partial charge in [-0.2, -0.15) is 6.08 Å². The van der Waals surface area contributed by atoms with Crippen molar-refractivity contribution in [3.8, 4) is 33.4 Å². The predicted octanol–water partition coefficient (Wildman–Crippen LogP) is 17.6. The first-order valence-electron chi connectivity index (χ1n) is 21.3. The molecule has 0 saturated carbocycles. The van der Waals surface area contributed by atoms with Crippen LogP contribution >= 0.6 is 48.0 Å². The fourth-order valence-electron chi connectivity index (χ4n) is 8.55. The Kier molecular flexibility index (Phi) is 16.0. The molecular weight excluding hydrogens is 942 g/mol. The van der Waals surface area contributed by atoms with Crippen LogP contribution in [0.4, 0.5) is 0 Å². The Labute approximate surface area is 417 Å². The van der Waals surface area contributed by atoms with Crippen molar-refractivity contribution in [3.05, 3.63) is 225 Å². The zero-order valence-electron chi connectivity index (χ0n) is 37.2. The Morgan fingerprint density at radius 1 is 0.547 bits per heavy atom. The third-order valence-electron chi connectivity index (χ3n) is 11.6. The molecule has 0 bridgehead atoms. The van der Waals surface area contributed by atoms with Crippen molar-refractivity contribution < 1.29 is 24.2 Å². The molecule has 320 valence electrons. The molecule has 0 saturated heterocycles. The van der Waals surface area contributed by atoms with E-state index in [4.69, 9.17) is 23.2 Å². The zero-order valence-corrected chi connectivity index (χ0v) is 42.8. The molecule has 0 aromatic heterocycles. The minimum Gasteiger partial charge on any atom is -0.273 e. The molecule has 2 aliphatic rings. The normalized spacial score (nSPS) is 12.3. The van der Waals surface area contributed by atoms with E-state index in [0.717, 1.165) is 33.7 Å². The van der Waals surface area contributed by atoms with E-state index in [1.54, 1.807) is 0 Å². The van der Waals surface area contributed by atoms with Gasteiger partial charge in [0.15, 0.2) is 0 Å². The molecule has 0 N–H and O–H groups in total. The quantitative estimate of drug-likeness (QED) is 0.154. The molecule has 0 amide bonds. The molecule has 5 heteroatoms. The first-order chi connectivity index (χ1) is 29.8. The van der Waals surface area contributed by atoms with Gasteiger partial charge < -0.3 is 0 Å². The monoisotopic (exact) mass is 990 g/mol. The largest absolute Gasteiger partial charge is 0.273 e. The van der Waals surface area contributed by atoms with Gasteiger partial charge in [-0.15, -0.1) is 60.1 Å². The first-order valence-corrected chi connectivity index (χ1v) is 23.3. The van der Waals surface area contributed by atoms with Crippen molar-refractivity contribution in [3.63, 3.8) is 0 Å². The summed E-state index contributed by atoms with van der Waals surface area (Å²) in [6.07, 6.45) is 10.9. The predicted molar refractivity (Wildman–Crippen MR) is 279 cm³/mol. The topological polar surface area (TPSA) is 0 Å². The van der Waals surface area contributed by atoms with E-state index in [2.05, 4.69) is 187 Å². The second-order valence-electron chi connectivity index (χ2n) is 18.1. The Balaban J connectivity index is 0.000000193. The van der Waals surface area contributed by atoms with E-state index in [1.165, 1.54) is 105 Å².